The second-order valence-corrected chi connectivity index (χ2v) is 5.89. The zero-order chi connectivity index (χ0) is 18.7. The van der Waals surface area contributed by atoms with Gasteiger partial charge >= 0.3 is 12.1 Å². The first-order valence-corrected chi connectivity index (χ1v) is 8.25. The Labute approximate surface area is 146 Å². The molecule has 1 aliphatic heterocycles. The van der Waals surface area contributed by atoms with Gasteiger partial charge in [0.05, 0.1) is 17.6 Å². The van der Waals surface area contributed by atoms with Crippen LogP contribution in [0.3, 0.4) is 0 Å². The highest BCUT2D eigenvalue weighted by Gasteiger charge is 2.33. The number of ether oxygens (including phenoxy) is 1. The molecule has 0 bridgehead atoms. The summed E-state index contributed by atoms with van der Waals surface area (Å²) in [5.41, 5.74) is -0.366. The Morgan fingerprint density at radius 1 is 1.36 bits per heavy atom. The van der Waals surface area contributed by atoms with Crippen molar-refractivity contribution < 1.29 is 29.2 Å². The van der Waals surface area contributed by atoms with E-state index in [0.29, 0.717) is 4.90 Å². The average Bonchev–Trinajstić information content (AvgIpc) is 2.59. The van der Waals surface area contributed by atoms with Gasteiger partial charge in [-0.15, -0.1) is 11.8 Å². The van der Waals surface area contributed by atoms with Crippen LogP contribution in [0.2, 0.25) is 0 Å². The molecular formula is C14H15N3O7S. The number of carbonyl (C=O) groups excluding carboxylic acids is 2. The van der Waals surface area contributed by atoms with E-state index < -0.39 is 28.6 Å². The summed E-state index contributed by atoms with van der Waals surface area (Å²) < 4.78 is 4.63. The van der Waals surface area contributed by atoms with Gasteiger partial charge in [-0.1, -0.05) is 0 Å². The van der Waals surface area contributed by atoms with E-state index in [-0.39, 0.29) is 30.9 Å². The molecule has 2 amide bonds. The summed E-state index contributed by atoms with van der Waals surface area (Å²) >= 11 is 1.18. The molecule has 25 heavy (non-hydrogen) atoms. The van der Waals surface area contributed by atoms with E-state index in [4.69, 9.17) is 5.11 Å². The molecule has 2 rings (SSSR count). The molecular weight excluding hydrogens is 354 g/mol. The zero-order valence-corrected chi connectivity index (χ0v) is 14.2. The van der Waals surface area contributed by atoms with Gasteiger partial charge in [-0.3, -0.25) is 19.8 Å². The predicted octanol–water partition coefficient (Wildman–Crippen LogP) is 1.43. The van der Waals surface area contributed by atoms with Crippen LogP contribution < -0.4 is 4.90 Å². The number of amides is 2. The van der Waals surface area contributed by atoms with E-state index in [1.54, 1.807) is 6.26 Å². The van der Waals surface area contributed by atoms with Crippen LogP contribution in [0.1, 0.15) is 10.4 Å². The number of anilines is 1. The first kappa shape index (κ1) is 18.5. The van der Waals surface area contributed by atoms with Crippen LogP contribution in [0.25, 0.3) is 0 Å². The number of carbonyl (C=O) groups is 3. The molecule has 1 aromatic rings. The molecule has 0 aliphatic carbocycles. The number of thioether (sulfide) groups is 1. The van der Waals surface area contributed by atoms with Gasteiger partial charge in [0.15, 0.2) is 0 Å². The standard InChI is InChI=1S/C14H15N3O7S/c1-24-13(19)8-5-10(17(22)23)9(6-11(8)25-2)16-4-3-15(14(20)21)7-12(16)18/h5-6H,3-4,7H2,1-2H3,(H,20,21). The highest BCUT2D eigenvalue weighted by molar-refractivity contribution is 7.98. The van der Waals surface area contributed by atoms with Gasteiger partial charge in [0, 0.05) is 24.1 Å². The maximum absolute atomic E-state index is 12.3. The molecule has 1 heterocycles. The summed E-state index contributed by atoms with van der Waals surface area (Å²) in [7, 11) is 1.17. The molecule has 0 aromatic heterocycles. The molecule has 134 valence electrons. The Hall–Kier alpha value is -2.82. The van der Waals surface area contributed by atoms with Crippen LogP contribution in [0.5, 0.6) is 0 Å². The Balaban J connectivity index is 2.50. The quantitative estimate of drug-likeness (QED) is 0.365. The molecule has 0 atom stereocenters. The number of benzene rings is 1. The number of nitrogens with zero attached hydrogens (tertiary/aromatic N) is 3. The van der Waals surface area contributed by atoms with Gasteiger partial charge in [0.25, 0.3) is 5.69 Å². The van der Waals surface area contributed by atoms with E-state index in [1.165, 1.54) is 29.8 Å². The Morgan fingerprint density at radius 3 is 2.52 bits per heavy atom. The van der Waals surface area contributed by atoms with E-state index in [2.05, 4.69) is 4.74 Å². The van der Waals surface area contributed by atoms with Gasteiger partial charge in [-0.05, 0) is 12.3 Å². The van der Waals surface area contributed by atoms with Gasteiger partial charge in [0.2, 0.25) is 5.91 Å². The highest BCUT2D eigenvalue weighted by atomic mass is 32.2. The van der Waals surface area contributed by atoms with E-state index in [0.717, 1.165) is 11.0 Å². The number of hydrogen-bond acceptors (Lipinski definition) is 7. The number of methoxy groups -OCH3 is 1. The minimum absolute atomic E-state index is 0.0165. The Bertz CT molecular complexity index is 752. The van der Waals surface area contributed by atoms with E-state index >= 15 is 0 Å². The van der Waals surface area contributed by atoms with Crippen LogP contribution >= 0.6 is 11.8 Å². The predicted molar refractivity (Wildman–Crippen MR) is 88.2 cm³/mol. The molecule has 1 N–H and O–H groups in total. The number of nitro benzene ring substituents is 1. The van der Waals surface area contributed by atoms with Crippen molar-refractivity contribution in [3.8, 4) is 0 Å². The maximum atomic E-state index is 12.3. The smallest absolute Gasteiger partial charge is 0.407 e. The van der Waals surface area contributed by atoms with Gasteiger partial charge < -0.3 is 14.7 Å². The lowest BCUT2D eigenvalue weighted by Crippen LogP contribution is -2.52. The number of piperazine rings is 1. The number of rotatable bonds is 4. The van der Waals surface area contributed by atoms with Gasteiger partial charge in [-0.2, -0.15) is 0 Å². The van der Waals surface area contributed by atoms with Crippen molar-refractivity contribution in [2.75, 3.05) is 37.9 Å². The summed E-state index contributed by atoms with van der Waals surface area (Å²) in [6, 6.07) is 2.45. The number of esters is 1. The summed E-state index contributed by atoms with van der Waals surface area (Å²) in [4.78, 5) is 48.3. The third-order valence-electron chi connectivity index (χ3n) is 3.68. The SMILES string of the molecule is COC(=O)c1cc([N+](=O)[O-])c(N2CCN(C(=O)O)CC2=O)cc1SC. The molecule has 1 aliphatic rings. The maximum Gasteiger partial charge on any atom is 0.407 e. The highest BCUT2D eigenvalue weighted by Crippen LogP contribution is 2.36. The first-order chi connectivity index (χ1) is 11.8. The molecule has 11 heteroatoms. The van der Waals surface area contributed by atoms with Gasteiger partial charge in [0.1, 0.15) is 12.2 Å². The largest absolute Gasteiger partial charge is 0.465 e. The van der Waals surface area contributed by atoms with Crippen LogP contribution in [-0.4, -0.2) is 65.9 Å². The molecule has 0 saturated carbocycles. The molecule has 0 unspecified atom stereocenters. The van der Waals surface area contributed by atoms with Crippen molar-refractivity contribution in [1.82, 2.24) is 4.90 Å². The van der Waals surface area contributed by atoms with E-state index in [9.17, 15) is 24.5 Å². The van der Waals surface area contributed by atoms with Crippen LogP contribution in [-0.2, 0) is 9.53 Å². The summed E-state index contributed by atoms with van der Waals surface area (Å²) in [5.74, 6) is -1.30. The van der Waals surface area contributed by atoms with Gasteiger partial charge in [-0.25, -0.2) is 9.59 Å². The summed E-state index contributed by atoms with van der Waals surface area (Å²) in [6.45, 7) is -0.372. The normalized spacial score (nSPS) is 14.4. The Morgan fingerprint density at radius 2 is 2.04 bits per heavy atom. The second kappa shape index (κ2) is 7.38. The summed E-state index contributed by atoms with van der Waals surface area (Å²) in [6.07, 6.45) is 0.454. The third kappa shape index (κ3) is 3.65. The minimum atomic E-state index is -1.23. The first-order valence-electron chi connectivity index (χ1n) is 7.03. The van der Waals surface area contributed by atoms with Crippen LogP contribution in [0, 0.1) is 10.1 Å². The van der Waals surface area contributed by atoms with Crippen LogP contribution in [0.15, 0.2) is 17.0 Å². The fourth-order valence-corrected chi connectivity index (χ4v) is 3.04. The number of hydrogen-bond donors (Lipinski definition) is 1. The lowest BCUT2D eigenvalue weighted by Gasteiger charge is -2.32. The molecule has 1 fully saturated rings. The number of nitro groups is 1. The average molecular weight is 369 g/mol. The Kier molecular flexibility index (Phi) is 5.47. The van der Waals surface area contributed by atoms with Crippen molar-refractivity contribution in [3.05, 3.63) is 27.8 Å². The molecule has 0 radical (unpaired) electrons. The second-order valence-electron chi connectivity index (χ2n) is 5.04. The van der Waals surface area contributed by atoms with Crippen LogP contribution in [0.4, 0.5) is 16.2 Å². The number of carboxylic acid groups (broad SMARTS) is 1. The minimum Gasteiger partial charge on any atom is -0.465 e. The summed E-state index contributed by atoms with van der Waals surface area (Å²) in [5, 5.41) is 20.4. The lowest BCUT2D eigenvalue weighted by molar-refractivity contribution is -0.384. The lowest BCUT2D eigenvalue weighted by atomic mass is 10.1. The topological polar surface area (TPSA) is 130 Å². The van der Waals surface area contributed by atoms with Crippen molar-refractivity contribution in [2.45, 2.75) is 4.90 Å². The monoisotopic (exact) mass is 369 g/mol. The third-order valence-corrected chi connectivity index (χ3v) is 4.46. The molecule has 1 saturated heterocycles. The zero-order valence-electron chi connectivity index (χ0n) is 13.4. The molecule has 10 nitrogen and oxygen atoms in total. The van der Waals surface area contributed by atoms with Crippen molar-refractivity contribution in [2.24, 2.45) is 0 Å². The molecule has 1 aromatic carbocycles. The fourth-order valence-electron chi connectivity index (χ4n) is 2.45. The van der Waals surface area contributed by atoms with Crippen molar-refractivity contribution >= 4 is 41.1 Å². The fraction of sp³-hybridized carbons (Fsp3) is 0.357. The van der Waals surface area contributed by atoms with Crippen molar-refractivity contribution in [3.63, 3.8) is 0 Å². The molecule has 0 spiro atoms. The van der Waals surface area contributed by atoms with E-state index in [1.807, 2.05) is 0 Å². The van der Waals surface area contributed by atoms with Crippen molar-refractivity contribution in [1.29, 1.82) is 0 Å².